The molecule has 6 nitrogen and oxygen atoms in total. The molecule has 9 heteroatoms. The lowest BCUT2D eigenvalue weighted by Crippen LogP contribution is -2.33. The third-order valence-electron chi connectivity index (χ3n) is 4.24. The van der Waals surface area contributed by atoms with Gasteiger partial charge >= 0.3 is 0 Å². The molecule has 3 rings (SSSR count). The average molecular weight is 438 g/mol. The van der Waals surface area contributed by atoms with Gasteiger partial charge < -0.3 is 0 Å². The molecule has 0 saturated heterocycles. The van der Waals surface area contributed by atoms with E-state index in [0.717, 1.165) is 9.87 Å². The van der Waals surface area contributed by atoms with Crippen LogP contribution in [0.1, 0.15) is 15.9 Å². The number of sulfonamides is 1. The molecule has 0 unspecified atom stereocenters. The fraction of sp³-hybridized carbons (Fsp3) is 0.263. The Morgan fingerprint density at radius 1 is 1.18 bits per heavy atom. The minimum atomic E-state index is -3.52. The zero-order valence-electron chi connectivity index (χ0n) is 15.5. The number of carbonyl (C=O) groups is 1. The number of aliphatic imine (C=N–C) groups is 1. The number of rotatable bonds is 5. The van der Waals surface area contributed by atoms with Gasteiger partial charge in [0.05, 0.1) is 11.4 Å². The SMILES string of the molecule is CN(C)S(=O)(=O)c1ccc(C(=O)N2CCN=C2SCc2ccccc2Cl)cc1. The second-order valence-corrected chi connectivity index (χ2v) is 9.81. The van der Waals surface area contributed by atoms with Crippen molar-refractivity contribution >= 4 is 44.5 Å². The second kappa shape index (κ2) is 8.65. The van der Waals surface area contributed by atoms with Gasteiger partial charge in [-0.2, -0.15) is 0 Å². The van der Waals surface area contributed by atoms with E-state index in [1.54, 1.807) is 4.90 Å². The van der Waals surface area contributed by atoms with E-state index in [1.807, 2.05) is 24.3 Å². The Morgan fingerprint density at radius 3 is 2.50 bits per heavy atom. The number of nitrogens with zero attached hydrogens (tertiary/aromatic N) is 3. The van der Waals surface area contributed by atoms with Crippen LogP contribution in [0, 0.1) is 0 Å². The van der Waals surface area contributed by atoms with Crippen LogP contribution < -0.4 is 0 Å². The molecular weight excluding hydrogens is 418 g/mol. The second-order valence-electron chi connectivity index (χ2n) is 6.31. The van der Waals surface area contributed by atoms with E-state index in [0.29, 0.717) is 34.6 Å². The van der Waals surface area contributed by atoms with Gasteiger partial charge in [0.1, 0.15) is 0 Å². The van der Waals surface area contributed by atoms with Crippen LogP contribution in [0.25, 0.3) is 0 Å². The van der Waals surface area contributed by atoms with Gasteiger partial charge in [-0.1, -0.05) is 41.6 Å². The Kier molecular flexibility index (Phi) is 6.44. The van der Waals surface area contributed by atoms with Crippen molar-refractivity contribution in [2.75, 3.05) is 27.2 Å². The first-order valence-corrected chi connectivity index (χ1v) is 11.4. The monoisotopic (exact) mass is 437 g/mol. The number of hydrogen-bond acceptors (Lipinski definition) is 5. The van der Waals surface area contributed by atoms with Crippen LogP contribution in [-0.4, -0.2) is 55.9 Å². The molecule has 0 N–H and O–H groups in total. The summed E-state index contributed by atoms with van der Waals surface area (Å²) in [6, 6.07) is 13.5. The molecule has 2 aromatic rings. The first-order chi connectivity index (χ1) is 13.3. The number of halogens is 1. The highest BCUT2D eigenvalue weighted by Gasteiger charge is 2.26. The van der Waals surface area contributed by atoms with Gasteiger partial charge in [-0.3, -0.25) is 14.7 Å². The van der Waals surface area contributed by atoms with Gasteiger partial charge in [-0.25, -0.2) is 12.7 Å². The lowest BCUT2D eigenvalue weighted by Gasteiger charge is -2.18. The van der Waals surface area contributed by atoms with E-state index in [2.05, 4.69) is 4.99 Å². The number of amidine groups is 1. The lowest BCUT2D eigenvalue weighted by atomic mass is 10.2. The summed E-state index contributed by atoms with van der Waals surface area (Å²) in [4.78, 5) is 19.1. The molecule has 0 bridgehead atoms. The molecule has 148 valence electrons. The zero-order chi connectivity index (χ0) is 20.3. The Morgan fingerprint density at radius 2 is 1.86 bits per heavy atom. The Bertz CT molecular complexity index is 1010. The topological polar surface area (TPSA) is 70.1 Å². The standard InChI is InChI=1S/C19H20ClN3O3S2/c1-22(2)28(25,26)16-9-7-14(8-10-16)18(24)23-12-11-21-19(23)27-13-15-5-3-4-6-17(15)20/h3-10H,11-13H2,1-2H3. The summed E-state index contributed by atoms with van der Waals surface area (Å²) in [5.74, 6) is 0.416. The highest BCUT2D eigenvalue weighted by molar-refractivity contribution is 8.13. The summed E-state index contributed by atoms with van der Waals surface area (Å²) in [5, 5.41) is 1.33. The first kappa shape index (κ1) is 20.9. The molecule has 1 heterocycles. The molecule has 1 aliphatic heterocycles. The van der Waals surface area contributed by atoms with E-state index in [4.69, 9.17) is 11.6 Å². The first-order valence-electron chi connectivity index (χ1n) is 8.56. The van der Waals surface area contributed by atoms with Crippen LogP contribution in [0.4, 0.5) is 0 Å². The van der Waals surface area contributed by atoms with Crippen molar-refractivity contribution in [2.45, 2.75) is 10.6 Å². The van der Waals surface area contributed by atoms with Crippen LogP contribution in [0.5, 0.6) is 0 Å². The van der Waals surface area contributed by atoms with Crippen molar-refractivity contribution in [3.05, 3.63) is 64.7 Å². The molecule has 2 aromatic carbocycles. The maximum atomic E-state index is 12.9. The Hall–Kier alpha value is -1.87. The van der Waals surface area contributed by atoms with E-state index in [-0.39, 0.29) is 10.8 Å². The van der Waals surface area contributed by atoms with Crippen molar-refractivity contribution < 1.29 is 13.2 Å². The molecule has 0 aromatic heterocycles. The van der Waals surface area contributed by atoms with Gasteiger partial charge in [0, 0.05) is 37.0 Å². The summed E-state index contributed by atoms with van der Waals surface area (Å²) in [6.07, 6.45) is 0. The highest BCUT2D eigenvalue weighted by atomic mass is 35.5. The summed E-state index contributed by atoms with van der Waals surface area (Å²) in [5.41, 5.74) is 1.40. The highest BCUT2D eigenvalue weighted by Crippen LogP contribution is 2.25. The quantitative estimate of drug-likeness (QED) is 0.719. The van der Waals surface area contributed by atoms with Crippen LogP contribution in [0.15, 0.2) is 58.4 Å². The zero-order valence-corrected chi connectivity index (χ0v) is 17.9. The van der Waals surface area contributed by atoms with Crippen LogP contribution in [0.2, 0.25) is 5.02 Å². The molecule has 0 saturated carbocycles. The number of thioether (sulfide) groups is 1. The fourth-order valence-electron chi connectivity index (χ4n) is 2.63. The summed E-state index contributed by atoms with van der Waals surface area (Å²) >= 11 is 7.65. The molecule has 0 radical (unpaired) electrons. The number of amides is 1. The van der Waals surface area contributed by atoms with Gasteiger partial charge in [0.2, 0.25) is 10.0 Å². The predicted molar refractivity (Wildman–Crippen MR) is 113 cm³/mol. The van der Waals surface area contributed by atoms with Gasteiger partial charge in [0.15, 0.2) is 5.17 Å². The third-order valence-corrected chi connectivity index (χ3v) is 7.50. The molecule has 0 atom stereocenters. The maximum absolute atomic E-state index is 12.9. The van der Waals surface area contributed by atoms with Crippen molar-refractivity contribution in [1.29, 1.82) is 0 Å². The summed E-state index contributed by atoms with van der Waals surface area (Å²) in [6.45, 7) is 1.05. The van der Waals surface area contributed by atoms with E-state index in [1.165, 1.54) is 50.1 Å². The Labute approximate surface area is 174 Å². The molecule has 0 fully saturated rings. The lowest BCUT2D eigenvalue weighted by molar-refractivity contribution is 0.0860. The largest absolute Gasteiger partial charge is 0.286 e. The van der Waals surface area contributed by atoms with Crippen molar-refractivity contribution in [3.8, 4) is 0 Å². The van der Waals surface area contributed by atoms with E-state index in [9.17, 15) is 13.2 Å². The molecule has 1 aliphatic rings. The van der Waals surface area contributed by atoms with Crippen LogP contribution >= 0.6 is 23.4 Å². The summed E-state index contributed by atoms with van der Waals surface area (Å²) < 4.78 is 25.5. The van der Waals surface area contributed by atoms with Gasteiger partial charge in [-0.05, 0) is 35.9 Å². The van der Waals surface area contributed by atoms with Gasteiger partial charge in [0.25, 0.3) is 5.91 Å². The molecule has 28 heavy (non-hydrogen) atoms. The minimum Gasteiger partial charge on any atom is -0.286 e. The molecule has 0 aliphatic carbocycles. The van der Waals surface area contributed by atoms with Crippen molar-refractivity contribution in [2.24, 2.45) is 4.99 Å². The van der Waals surface area contributed by atoms with Crippen molar-refractivity contribution in [1.82, 2.24) is 9.21 Å². The fourth-order valence-corrected chi connectivity index (χ4v) is 4.86. The molecule has 0 spiro atoms. The number of hydrogen-bond donors (Lipinski definition) is 0. The summed E-state index contributed by atoms with van der Waals surface area (Å²) in [7, 11) is -0.585. The number of benzene rings is 2. The molecular formula is C19H20ClN3O3S2. The van der Waals surface area contributed by atoms with Crippen LogP contribution in [0.3, 0.4) is 0 Å². The normalized spacial score (nSPS) is 14.4. The maximum Gasteiger partial charge on any atom is 0.259 e. The minimum absolute atomic E-state index is 0.150. The smallest absolute Gasteiger partial charge is 0.259 e. The Balaban J connectivity index is 1.71. The predicted octanol–water partition coefficient (Wildman–Crippen LogP) is 3.34. The number of carbonyl (C=O) groups excluding carboxylic acids is 1. The van der Waals surface area contributed by atoms with Crippen LogP contribution in [-0.2, 0) is 15.8 Å². The van der Waals surface area contributed by atoms with Gasteiger partial charge in [-0.15, -0.1) is 0 Å². The van der Waals surface area contributed by atoms with Crippen molar-refractivity contribution in [3.63, 3.8) is 0 Å². The third kappa shape index (κ3) is 4.41. The molecule has 1 amide bonds. The van der Waals surface area contributed by atoms with E-state index >= 15 is 0 Å². The average Bonchev–Trinajstić information content (AvgIpc) is 3.15. The van der Waals surface area contributed by atoms with E-state index < -0.39 is 10.0 Å².